The van der Waals surface area contributed by atoms with E-state index in [1.54, 1.807) is 30.3 Å². The topological polar surface area (TPSA) is 51.7 Å². The second-order valence-electron chi connectivity index (χ2n) is 8.63. The third-order valence-electron chi connectivity index (χ3n) is 6.31. The predicted octanol–water partition coefficient (Wildman–Crippen LogP) is 5.94. The number of amides is 1. The number of nitrogens with zero attached hydrogens (tertiary/aromatic N) is 2. The fourth-order valence-electron chi connectivity index (χ4n) is 4.31. The highest BCUT2D eigenvalue weighted by Gasteiger charge is 2.51. The van der Waals surface area contributed by atoms with Gasteiger partial charge in [-0.3, -0.25) is 14.7 Å². The molecule has 3 aromatic carbocycles. The Morgan fingerprint density at radius 1 is 0.889 bits per heavy atom. The van der Waals surface area contributed by atoms with E-state index in [-0.39, 0.29) is 11.6 Å². The van der Waals surface area contributed by atoms with E-state index in [2.05, 4.69) is 18.0 Å². The van der Waals surface area contributed by atoms with Crippen LogP contribution in [0.3, 0.4) is 0 Å². The van der Waals surface area contributed by atoms with Gasteiger partial charge in [0.2, 0.25) is 6.10 Å². The van der Waals surface area contributed by atoms with Crippen molar-refractivity contribution < 1.29 is 18.7 Å². The normalized spacial score (nSPS) is 16.9. The summed E-state index contributed by atoms with van der Waals surface area (Å²) in [7, 11) is 0. The first-order chi connectivity index (χ1) is 17.6. The second-order valence-corrected chi connectivity index (χ2v) is 8.63. The lowest BCUT2D eigenvalue weighted by Gasteiger charge is -2.46. The molecular formula is C30H27FN2O3. The van der Waals surface area contributed by atoms with Gasteiger partial charge in [0.1, 0.15) is 23.4 Å². The number of pyridine rings is 1. The summed E-state index contributed by atoms with van der Waals surface area (Å²) in [5.41, 5.74) is 3.27. The average molecular weight is 483 g/mol. The summed E-state index contributed by atoms with van der Waals surface area (Å²) in [4.78, 5) is 19.0. The lowest BCUT2D eigenvalue weighted by atomic mass is 9.89. The molecule has 0 radical (unpaired) electrons. The molecule has 1 saturated heterocycles. The van der Waals surface area contributed by atoms with Gasteiger partial charge in [0.15, 0.2) is 0 Å². The molecular weight excluding hydrogens is 455 g/mol. The summed E-state index contributed by atoms with van der Waals surface area (Å²) in [6.45, 7) is 2.61. The van der Waals surface area contributed by atoms with Crippen LogP contribution in [0.2, 0.25) is 0 Å². The molecule has 1 aliphatic rings. The fraction of sp³-hybridized carbons (Fsp3) is 0.200. The van der Waals surface area contributed by atoms with E-state index in [0.717, 1.165) is 17.7 Å². The zero-order chi connectivity index (χ0) is 24.9. The van der Waals surface area contributed by atoms with E-state index < -0.39 is 18.0 Å². The second kappa shape index (κ2) is 10.6. The standard InChI is InChI=1S/C30H27FN2O3/c1-2-21-12-15-23(32-20-21)18-19-35-24-16-13-22(14-17-24)28-29(36-25-8-4-3-5-9-25)30(34)33(28)27-11-7-6-10-26(27)31/h3-17,20,28-29H,2,18-19H2,1H3. The minimum absolute atomic E-state index is 0.238. The van der Waals surface area contributed by atoms with Gasteiger partial charge in [0.25, 0.3) is 5.91 Å². The molecule has 0 bridgehead atoms. The molecule has 2 unspecified atom stereocenters. The molecule has 0 N–H and O–H groups in total. The number of hydrogen-bond donors (Lipinski definition) is 0. The molecule has 1 amide bonds. The number of aromatic nitrogens is 1. The number of hydrogen-bond acceptors (Lipinski definition) is 4. The Hall–Kier alpha value is -4.19. The molecule has 0 spiro atoms. The van der Waals surface area contributed by atoms with Crippen LogP contribution in [-0.4, -0.2) is 23.6 Å². The molecule has 5 rings (SSSR count). The Morgan fingerprint density at radius 2 is 1.64 bits per heavy atom. The van der Waals surface area contributed by atoms with Crippen LogP contribution in [0.15, 0.2) is 97.2 Å². The van der Waals surface area contributed by atoms with Crippen LogP contribution in [0.4, 0.5) is 10.1 Å². The minimum atomic E-state index is -0.754. The van der Waals surface area contributed by atoms with Crippen LogP contribution < -0.4 is 14.4 Å². The summed E-state index contributed by atoms with van der Waals surface area (Å²) in [6.07, 6.45) is 2.82. The van der Waals surface area contributed by atoms with Crippen molar-refractivity contribution in [2.24, 2.45) is 0 Å². The van der Waals surface area contributed by atoms with E-state index in [9.17, 15) is 9.18 Å². The quantitative estimate of drug-likeness (QED) is 0.277. The van der Waals surface area contributed by atoms with Crippen molar-refractivity contribution in [3.63, 3.8) is 0 Å². The summed E-state index contributed by atoms with van der Waals surface area (Å²) in [5.74, 6) is 0.576. The minimum Gasteiger partial charge on any atom is -0.493 e. The Morgan fingerprint density at radius 3 is 2.33 bits per heavy atom. The van der Waals surface area contributed by atoms with E-state index in [4.69, 9.17) is 9.47 Å². The third kappa shape index (κ3) is 4.93. The Balaban J connectivity index is 1.31. The van der Waals surface area contributed by atoms with Crippen molar-refractivity contribution in [1.82, 2.24) is 4.98 Å². The molecule has 1 aliphatic heterocycles. The summed E-state index contributed by atoms with van der Waals surface area (Å²) >= 11 is 0. The lowest BCUT2D eigenvalue weighted by Crippen LogP contribution is -2.61. The first-order valence-electron chi connectivity index (χ1n) is 12.1. The van der Waals surface area contributed by atoms with Gasteiger partial charge in [0, 0.05) is 18.3 Å². The van der Waals surface area contributed by atoms with Crippen molar-refractivity contribution >= 4 is 11.6 Å². The van der Waals surface area contributed by atoms with Gasteiger partial charge in [-0.25, -0.2) is 4.39 Å². The molecule has 0 saturated carbocycles. The number of anilines is 1. The van der Waals surface area contributed by atoms with Crippen LogP contribution in [0.5, 0.6) is 11.5 Å². The van der Waals surface area contributed by atoms with Crippen molar-refractivity contribution in [1.29, 1.82) is 0 Å². The highest BCUT2D eigenvalue weighted by atomic mass is 19.1. The van der Waals surface area contributed by atoms with Crippen LogP contribution >= 0.6 is 0 Å². The van der Waals surface area contributed by atoms with Gasteiger partial charge in [0.05, 0.1) is 12.3 Å². The van der Waals surface area contributed by atoms with E-state index in [1.807, 2.05) is 54.7 Å². The average Bonchev–Trinajstić information content (AvgIpc) is 2.92. The number of β-lactam (4-membered cyclic amide) rings is 1. The maximum absolute atomic E-state index is 14.6. The molecule has 6 heteroatoms. The smallest absolute Gasteiger partial charge is 0.271 e. The predicted molar refractivity (Wildman–Crippen MR) is 137 cm³/mol. The number of ether oxygens (including phenoxy) is 2. The van der Waals surface area contributed by atoms with Crippen molar-refractivity contribution in [2.45, 2.75) is 31.9 Å². The number of carbonyl (C=O) groups excluding carboxylic acids is 1. The highest BCUT2D eigenvalue weighted by Crippen LogP contribution is 2.42. The molecule has 2 atom stereocenters. The molecule has 2 heterocycles. The van der Waals surface area contributed by atoms with Gasteiger partial charge in [-0.15, -0.1) is 0 Å². The number of benzene rings is 3. The van der Waals surface area contributed by atoms with Crippen molar-refractivity contribution in [3.8, 4) is 11.5 Å². The first-order valence-corrected chi connectivity index (χ1v) is 12.1. The highest BCUT2D eigenvalue weighted by molar-refractivity contribution is 6.05. The Labute approximate surface area is 210 Å². The number of para-hydroxylation sites is 2. The fourth-order valence-corrected chi connectivity index (χ4v) is 4.31. The molecule has 5 nitrogen and oxygen atoms in total. The van der Waals surface area contributed by atoms with Crippen LogP contribution in [0.25, 0.3) is 0 Å². The van der Waals surface area contributed by atoms with Crippen LogP contribution in [-0.2, 0) is 17.6 Å². The van der Waals surface area contributed by atoms with Gasteiger partial charge >= 0.3 is 0 Å². The van der Waals surface area contributed by atoms with Crippen LogP contribution in [0.1, 0.15) is 29.8 Å². The van der Waals surface area contributed by atoms with Crippen molar-refractivity contribution in [3.05, 3.63) is 120 Å². The van der Waals surface area contributed by atoms with Gasteiger partial charge in [-0.05, 0) is 60.0 Å². The number of halogens is 1. The SMILES string of the molecule is CCc1ccc(CCOc2ccc(C3C(Oc4ccccc4)C(=O)N3c3ccccc3F)cc2)nc1. The monoisotopic (exact) mass is 482 g/mol. The Bertz CT molecular complexity index is 1310. The largest absolute Gasteiger partial charge is 0.493 e. The maximum atomic E-state index is 14.6. The van der Waals surface area contributed by atoms with Crippen LogP contribution in [0, 0.1) is 5.82 Å². The zero-order valence-corrected chi connectivity index (χ0v) is 20.0. The van der Waals surface area contributed by atoms with E-state index in [0.29, 0.717) is 24.5 Å². The molecule has 182 valence electrons. The molecule has 1 aromatic heterocycles. The van der Waals surface area contributed by atoms with E-state index >= 15 is 0 Å². The maximum Gasteiger partial charge on any atom is 0.271 e. The number of carbonyl (C=O) groups is 1. The lowest BCUT2D eigenvalue weighted by molar-refractivity contribution is -0.135. The van der Waals surface area contributed by atoms with Gasteiger partial charge in [-0.2, -0.15) is 0 Å². The summed E-state index contributed by atoms with van der Waals surface area (Å²) < 4.78 is 26.5. The molecule has 0 aliphatic carbocycles. The zero-order valence-electron chi connectivity index (χ0n) is 20.0. The Kier molecular flexibility index (Phi) is 6.94. The number of rotatable bonds is 9. The van der Waals surface area contributed by atoms with E-state index in [1.165, 1.54) is 16.5 Å². The molecule has 1 fully saturated rings. The summed E-state index contributed by atoms with van der Waals surface area (Å²) in [5, 5.41) is 0. The number of aryl methyl sites for hydroxylation is 1. The molecule has 36 heavy (non-hydrogen) atoms. The first kappa shape index (κ1) is 23.5. The molecule has 4 aromatic rings. The third-order valence-corrected chi connectivity index (χ3v) is 6.31. The van der Waals surface area contributed by atoms with Gasteiger partial charge < -0.3 is 9.47 Å². The summed E-state index contributed by atoms with van der Waals surface area (Å²) in [6, 6.07) is 26.7. The van der Waals surface area contributed by atoms with Gasteiger partial charge in [-0.1, -0.05) is 55.5 Å². The van der Waals surface area contributed by atoms with Crippen molar-refractivity contribution in [2.75, 3.05) is 11.5 Å².